The van der Waals surface area contributed by atoms with Crippen molar-refractivity contribution in [3.63, 3.8) is 0 Å². The zero-order chi connectivity index (χ0) is 26.9. The van der Waals surface area contributed by atoms with Crippen LogP contribution in [-0.2, 0) is 35.6 Å². The summed E-state index contributed by atoms with van der Waals surface area (Å²) < 4.78 is 126. The van der Waals surface area contributed by atoms with E-state index in [4.69, 9.17) is 0 Å². The molecule has 5 rings (SSSR count). The number of aromatic nitrogens is 4. The molecule has 0 fully saturated rings. The van der Waals surface area contributed by atoms with Crippen LogP contribution in [0.15, 0.2) is 24.3 Å². The van der Waals surface area contributed by atoms with E-state index in [9.17, 15) is 39.5 Å². The summed E-state index contributed by atoms with van der Waals surface area (Å²) in [4.78, 5) is 15.0. The minimum atomic E-state index is -5.21. The molecule has 0 saturated heterocycles. The van der Waals surface area contributed by atoms with E-state index in [-0.39, 0.29) is 33.8 Å². The Morgan fingerprint density at radius 1 is 0.500 bits per heavy atom. The van der Waals surface area contributed by atoms with Gasteiger partial charge in [0.1, 0.15) is 0 Å². The summed E-state index contributed by atoms with van der Waals surface area (Å²) in [5.41, 5.74) is -8.92. The largest absolute Gasteiger partial charge is 3.00 e. The molecular weight excluding hydrogens is 570 g/mol. The molecule has 5 heterocycles. The van der Waals surface area contributed by atoms with E-state index in [0.29, 0.717) is 12.1 Å². The van der Waals surface area contributed by atoms with Crippen LogP contribution in [0.1, 0.15) is 45.0 Å². The molecule has 8 bridgehead atoms. The number of rotatable bonds is 0. The number of halogens is 9. The van der Waals surface area contributed by atoms with Gasteiger partial charge in [0.2, 0.25) is 0 Å². The molecule has 0 spiro atoms. The smallest absolute Gasteiger partial charge is 0.657 e. The molecule has 38 heavy (non-hydrogen) atoms. The average Bonchev–Trinajstić information content (AvgIpc) is 3.53. The Balaban J connectivity index is 0.00000336. The van der Waals surface area contributed by atoms with Crippen molar-refractivity contribution in [1.82, 2.24) is 19.9 Å². The maximum absolute atomic E-state index is 14.0. The van der Waals surface area contributed by atoms with Gasteiger partial charge in [0.05, 0.1) is 39.5 Å². The van der Waals surface area contributed by atoms with Crippen LogP contribution in [0.25, 0.3) is 46.4 Å². The number of fused-ring (bicyclic) bond motifs is 8. The molecule has 0 radical (unpaired) electrons. The first-order chi connectivity index (χ1) is 17.1. The summed E-state index contributed by atoms with van der Waals surface area (Å²) in [5, 5.41) is 0. The second-order valence-electron chi connectivity index (χ2n) is 8.11. The summed E-state index contributed by atoms with van der Waals surface area (Å²) in [6.45, 7) is 1.42. The minimum Gasteiger partial charge on any atom is -0.657 e. The first kappa shape index (κ1) is 27.5. The van der Waals surface area contributed by atoms with Gasteiger partial charge in [-0.1, -0.05) is 24.3 Å². The Bertz CT molecular complexity index is 1640. The molecule has 0 amide bonds. The zero-order valence-corrected chi connectivity index (χ0v) is 19.9. The van der Waals surface area contributed by atoms with E-state index in [1.807, 2.05) is 0 Å². The third-order valence-electron chi connectivity index (χ3n) is 5.72. The Morgan fingerprint density at radius 2 is 0.789 bits per heavy atom. The van der Waals surface area contributed by atoms with Gasteiger partial charge < -0.3 is 9.97 Å². The predicted molar refractivity (Wildman–Crippen MR) is 117 cm³/mol. The van der Waals surface area contributed by atoms with Crippen molar-refractivity contribution < 1.29 is 56.6 Å². The van der Waals surface area contributed by atoms with Gasteiger partial charge in [0.15, 0.2) is 0 Å². The Kier molecular flexibility index (Phi) is 6.56. The van der Waals surface area contributed by atoms with Crippen LogP contribution in [0.2, 0.25) is 0 Å². The van der Waals surface area contributed by atoms with E-state index in [1.54, 1.807) is 0 Å². The fourth-order valence-electron chi connectivity index (χ4n) is 4.10. The van der Waals surface area contributed by atoms with Crippen molar-refractivity contribution in [2.75, 3.05) is 0 Å². The SMILES string of the molecule is Cc1c2nc(c(C(F)(F)F)c3ccc([n-]3)c(C(F)(F)F)c3nc(c(C(F)(F)F)c4ccc1[n-]4)C=C3)C=C2.[Mn+3]. The van der Waals surface area contributed by atoms with Gasteiger partial charge in [0.25, 0.3) is 0 Å². The maximum atomic E-state index is 14.0. The van der Waals surface area contributed by atoms with Crippen molar-refractivity contribution in [3.05, 3.63) is 69.3 Å². The molecular formula is C24H11F9MnN4+. The van der Waals surface area contributed by atoms with Gasteiger partial charge in [-0.2, -0.15) is 39.5 Å². The van der Waals surface area contributed by atoms with E-state index in [0.717, 1.165) is 24.3 Å². The van der Waals surface area contributed by atoms with Crippen LogP contribution in [0.5, 0.6) is 0 Å². The summed E-state index contributed by atoms with van der Waals surface area (Å²) >= 11 is 0. The first-order valence-electron chi connectivity index (χ1n) is 10.4. The molecule has 4 nitrogen and oxygen atoms in total. The summed E-state index contributed by atoms with van der Waals surface area (Å²) in [6.07, 6.45) is -11.6. The van der Waals surface area contributed by atoms with Gasteiger partial charge in [-0.05, 0) is 36.8 Å². The molecule has 196 valence electrons. The van der Waals surface area contributed by atoms with E-state index in [1.165, 1.54) is 19.1 Å². The maximum Gasteiger partial charge on any atom is 3.00 e. The molecule has 0 N–H and O–H groups in total. The van der Waals surface area contributed by atoms with E-state index in [2.05, 4.69) is 19.9 Å². The monoisotopic (exact) mass is 581 g/mol. The summed E-state index contributed by atoms with van der Waals surface area (Å²) in [6, 6.07) is 3.66. The molecule has 3 aromatic heterocycles. The van der Waals surface area contributed by atoms with Crippen molar-refractivity contribution in [2.45, 2.75) is 25.5 Å². The normalized spacial score (nSPS) is 13.6. The summed E-state index contributed by atoms with van der Waals surface area (Å²) in [7, 11) is 0. The Labute approximate surface area is 217 Å². The summed E-state index contributed by atoms with van der Waals surface area (Å²) in [5.74, 6) is 0. The number of nitrogens with zero attached hydrogens (tertiary/aromatic N) is 4. The third-order valence-corrected chi connectivity index (χ3v) is 5.72. The van der Waals surface area contributed by atoms with Crippen LogP contribution < -0.4 is 9.97 Å². The molecule has 2 aliphatic heterocycles. The van der Waals surface area contributed by atoms with Crippen LogP contribution in [0.4, 0.5) is 39.5 Å². The Morgan fingerprint density at radius 3 is 1.16 bits per heavy atom. The molecule has 0 aliphatic carbocycles. The van der Waals surface area contributed by atoms with E-state index >= 15 is 0 Å². The van der Waals surface area contributed by atoms with Gasteiger partial charge >= 0.3 is 35.6 Å². The van der Waals surface area contributed by atoms with Crippen LogP contribution in [0, 0.1) is 6.92 Å². The zero-order valence-electron chi connectivity index (χ0n) is 18.7. The van der Waals surface area contributed by atoms with Gasteiger partial charge in [-0.3, -0.25) is 0 Å². The van der Waals surface area contributed by atoms with Crippen LogP contribution >= 0.6 is 0 Å². The molecule has 0 unspecified atom stereocenters. The van der Waals surface area contributed by atoms with Crippen molar-refractivity contribution >= 4 is 46.4 Å². The van der Waals surface area contributed by atoms with Crippen LogP contribution in [-0.4, -0.2) is 9.97 Å². The second kappa shape index (κ2) is 9.05. The minimum absolute atomic E-state index is 0. The third kappa shape index (κ3) is 4.73. The van der Waals surface area contributed by atoms with Gasteiger partial charge in [0, 0.05) is 0 Å². The molecule has 14 heteroatoms. The average molecular weight is 581 g/mol. The fourth-order valence-corrected chi connectivity index (χ4v) is 4.10. The van der Waals surface area contributed by atoms with Crippen molar-refractivity contribution in [1.29, 1.82) is 0 Å². The number of hydrogen-bond donors (Lipinski definition) is 0. The number of aryl methyl sites for hydroxylation is 1. The van der Waals surface area contributed by atoms with Gasteiger partial charge in [-0.25, -0.2) is 9.97 Å². The Hall–Kier alpha value is -3.51. The molecule has 3 aromatic rings. The van der Waals surface area contributed by atoms with Crippen molar-refractivity contribution in [2.24, 2.45) is 0 Å². The molecule has 0 atom stereocenters. The first-order valence-corrected chi connectivity index (χ1v) is 10.4. The standard InChI is InChI=1S/C24H11F9N4.Mn/c1-10-11-2-4-13(34-11)19(22(25,26)27)15-6-8-17(36-15)21(24(31,32)33)18-9-7-16(37-18)20(23(28,29)30)14-5-3-12(10)35-14;/h2-9H,1H3;/q-2;+3. The molecule has 2 aliphatic rings. The van der Waals surface area contributed by atoms with Crippen molar-refractivity contribution in [3.8, 4) is 0 Å². The second-order valence-corrected chi connectivity index (χ2v) is 8.11. The van der Waals surface area contributed by atoms with Gasteiger partial charge in [-0.15, -0.1) is 22.1 Å². The quantitative estimate of drug-likeness (QED) is 0.143. The fraction of sp³-hybridized carbons (Fsp3) is 0.167. The van der Waals surface area contributed by atoms with E-state index < -0.39 is 68.9 Å². The number of hydrogen-bond acceptors (Lipinski definition) is 2. The number of alkyl halides is 9. The predicted octanol–water partition coefficient (Wildman–Crippen LogP) is 7.28. The topological polar surface area (TPSA) is 54.0 Å². The van der Waals surface area contributed by atoms with Crippen LogP contribution in [0.3, 0.4) is 0 Å². The molecule has 0 aromatic carbocycles. The molecule has 0 saturated carbocycles.